The van der Waals surface area contributed by atoms with E-state index in [1.807, 2.05) is 24.3 Å². The molecule has 5 heteroatoms. The van der Waals surface area contributed by atoms with E-state index in [1.165, 1.54) is 0 Å². The first-order valence-corrected chi connectivity index (χ1v) is 5.77. The molecule has 1 heterocycles. The first kappa shape index (κ1) is 11.4. The summed E-state index contributed by atoms with van der Waals surface area (Å²) in [7, 11) is 0. The Morgan fingerprint density at radius 3 is 2.50 bits per heavy atom. The molecular formula is C11H8BrClN2O. The Bertz CT molecular complexity index is 534. The van der Waals surface area contributed by atoms with Gasteiger partial charge in [-0.3, -0.25) is 4.79 Å². The average molecular weight is 300 g/mol. The molecule has 0 aliphatic heterocycles. The fourth-order valence-corrected chi connectivity index (χ4v) is 1.98. The quantitative estimate of drug-likeness (QED) is 0.797. The van der Waals surface area contributed by atoms with Gasteiger partial charge in [-0.1, -0.05) is 27.5 Å². The van der Waals surface area contributed by atoms with Gasteiger partial charge in [0, 0.05) is 4.47 Å². The number of rotatable bonds is 2. The van der Waals surface area contributed by atoms with E-state index >= 15 is 0 Å². The van der Waals surface area contributed by atoms with Gasteiger partial charge in [-0.25, -0.2) is 4.68 Å². The SMILES string of the molecule is Cc1nn(-c2ccc(Br)cc2)c(Cl)c1C=O. The van der Waals surface area contributed by atoms with E-state index in [0.717, 1.165) is 16.4 Å². The lowest BCUT2D eigenvalue weighted by molar-refractivity contribution is 0.112. The average Bonchev–Trinajstić information content (AvgIpc) is 2.55. The van der Waals surface area contributed by atoms with E-state index in [-0.39, 0.29) is 0 Å². The van der Waals surface area contributed by atoms with Crippen molar-refractivity contribution in [3.63, 3.8) is 0 Å². The van der Waals surface area contributed by atoms with Crippen molar-refractivity contribution in [2.24, 2.45) is 0 Å². The van der Waals surface area contributed by atoms with Crippen LogP contribution in [-0.2, 0) is 0 Å². The number of nitrogens with zero attached hydrogens (tertiary/aromatic N) is 2. The third-order valence-electron chi connectivity index (χ3n) is 2.24. The molecule has 0 saturated heterocycles. The molecule has 0 N–H and O–H groups in total. The van der Waals surface area contributed by atoms with Crippen LogP contribution < -0.4 is 0 Å². The summed E-state index contributed by atoms with van der Waals surface area (Å²) in [4.78, 5) is 10.8. The number of benzene rings is 1. The van der Waals surface area contributed by atoms with E-state index in [4.69, 9.17) is 11.6 Å². The molecule has 0 atom stereocenters. The summed E-state index contributed by atoms with van der Waals surface area (Å²) < 4.78 is 2.53. The summed E-state index contributed by atoms with van der Waals surface area (Å²) in [6, 6.07) is 7.53. The summed E-state index contributed by atoms with van der Waals surface area (Å²) in [5.74, 6) is 0. The first-order valence-electron chi connectivity index (χ1n) is 4.59. The molecular weight excluding hydrogens is 291 g/mol. The van der Waals surface area contributed by atoms with Crippen molar-refractivity contribution in [2.75, 3.05) is 0 Å². The predicted molar refractivity (Wildman–Crippen MR) is 66.4 cm³/mol. The summed E-state index contributed by atoms with van der Waals surface area (Å²) in [6.45, 7) is 1.75. The third kappa shape index (κ3) is 1.90. The van der Waals surface area contributed by atoms with Gasteiger partial charge in [-0.05, 0) is 31.2 Å². The fourth-order valence-electron chi connectivity index (χ4n) is 1.40. The molecule has 2 rings (SSSR count). The summed E-state index contributed by atoms with van der Waals surface area (Å²) in [5, 5.41) is 4.56. The van der Waals surface area contributed by atoms with Crippen molar-refractivity contribution in [3.05, 3.63) is 45.1 Å². The minimum Gasteiger partial charge on any atom is -0.298 e. The summed E-state index contributed by atoms with van der Waals surface area (Å²) in [5.41, 5.74) is 1.89. The van der Waals surface area contributed by atoms with E-state index < -0.39 is 0 Å². The molecule has 0 fully saturated rings. The van der Waals surface area contributed by atoms with Crippen LogP contribution in [0.3, 0.4) is 0 Å². The molecule has 0 bridgehead atoms. The molecule has 2 aromatic rings. The van der Waals surface area contributed by atoms with Crippen molar-refractivity contribution in [3.8, 4) is 5.69 Å². The van der Waals surface area contributed by atoms with Crippen LogP contribution in [0, 0.1) is 6.92 Å². The van der Waals surface area contributed by atoms with Crippen LogP contribution in [0.1, 0.15) is 16.1 Å². The van der Waals surface area contributed by atoms with Crippen LogP contribution in [0.25, 0.3) is 5.69 Å². The molecule has 82 valence electrons. The topological polar surface area (TPSA) is 34.9 Å². The van der Waals surface area contributed by atoms with Crippen molar-refractivity contribution < 1.29 is 4.79 Å². The molecule has 1 aromatic heterocycles. The van der Waals surface area contributed by atoms with Crippen molar-refractivity contribution in [2.45, 2.75) is 6.92 Å². The van der Waals surface area contributed by atoms with E-state index in [9.17, 15) is 4.79 Å². The summed E-state index contributed by atoms with van der Waals surface area (Å²) in [6.07, 6.45) is 0.722. The minimum absolute atomic E-state index is 0.342. The van der Waals surface area contributed by atoms with Gasteiger partial charge in [0.15, 0.2) is 6.29 Å². The second-order valence-electron chi connectivity index (χ2n) is 3.30. The number of carbonyl (C=O) groups excluding carboxylic acids is 1. The number of hydrogen-bond acceptors (Lipinski definition) is 2. The first-order chi connectivity index (χ1) is 7.63. The maximum atomic E-state index is 10.8. The predicted octanol–water partition coefficient (Wildman–Crippen LogP) is 3.41. The Balaban J connectivity index is 2.56. The molecule has 0 aliphatic rings. The number of aryl methyl sites for hydroxylation is 1. The summed E-state index contributed by atoms with van der Waals surface area (Å²) >= 11 is 9.41. The highest BCUT2D eigenvalue weighted by Gasteiger charge is 2.13. The van der Waals surface area contributed by atoms with Gasteiger partial charge >= 0.3 is 0 Å². The van der Waals surface area contributed by atoms with Crippen molar-refractivity contribution >= 4 is 33.8 Å². The van der Waals surface area contributed by atoms with Crippen LogP contribution in [-0.4, -0.2) is 16.1 Å². The van der Waals surface area contributed by atoms with Gasteiger partial charge in [-0.2, -0.15) is 5.10 Å². The number of carbonyl (C=O) groups is 1. The maximum Gasteiger partial charge on any atom is 0.155 e. The molecule has 0 amide bonds. The van der Waals surface area contributed by atoms with Gasteiger partial charge < -0.3 is 0 Å². The molecule has 0 spiro atoms. The monoisotopic (exact) mass is 298 g/mol. The third-order valence-corrected chi connectivity index (χ3v) is 3.13. The number of aromatic nitrogens is 2. The number of hydrogen-bond donors (Lipinski definition) is 0. The van der Waals surface area contributed by atoms with Crippen molar-refractivity contribution in [1.29, 1.82) is 0 Å². The molecule has 0 saturated carbocycles. The largest absolute Gasteiger partial charge is 0.298 e. The van der Waals surface area contributed by atoms with Gasteiger partial charge in [0.05, 0.1) is 16.9 Å². The molecule has 1 aromatic carbocycles. The zero-order valence-corrected chi connectivity index (χ0v) is 10.8. The van der Waals surface area contributed by atoms with Gasteiger partial charge in [0.25, 0.3) is 0 Å². The molecule has 0 unspecified atom stereocenters. The Hall–Kier alpha value is -1.13. The van der Waals surface area contributed by atoms with Gasteiger partial charge in [-0.15, -0.1) is 0 Å². The molecule has 3 nitrogen and oxygen atoms in total. The highest BCUT2D eigenvalue weighted by Crippen LogP contribution is 2.22. The Kier molecular flexibility index (Phi) is 3.12. The Morgan fingerprint density at radius 2 is 2.00 bits per heavy atom. The normalized spacial score (nSPS) is 10.4. The standard InChI is InChI=1S/C11H8BrClN2O/c1-7-10(6-16)11(13)15(14-7)9-4-2-8(12)3-5-9/h2-6H,1H3. The zero-order chi connectivity index (χ0) is 11.7. The van der Waals surface area contributed by atoms with Crippen molar-refractivity contribution in [1.82, 2.24) is 9.78 Å². The minimum atomic E-state index is 0.342. The molecule has 16 heavy (non-hydrogen) atoms. The van der Waals surface area contributed by atoms with Crippen LogP contribution in [0.2, 0.25) is 5.15 Å². The van der Waals surface area contributed by atoms with Crippen LogP contribution in [0.15, 0.2) is 28.7 Å². The number of aldehydes is 1. The second-order valence-corrected chi connectivity index (χ2v) is 4.57. The number of halogens is 2. The van der Waals surface area contributed by atoms with Gasteiger partial charge in [0.1, 0.15) is 5.15 Å². The molecule has 0 radical (unpaired) electrons. The van der Waals surface area contributed by atoms with E-state index in [0.29, 0.717) is 16.4 Å². The zero-order valence-electron chi connectivity index (χ0n) is 8.45. The highest BCUT2D eigenvalue weighted by atomic mass is 79.9. The van der Waals surface area contributed by atoms with E-state index in [2.05, 4.69) is 21.0 Å². The lowest BCUT2D eigenvalue weighted by Gasteiger charge is -2.02. The maximum absolute atomic E-state index is 10.8. The smallest absolute Gasteiger partial charge is 0.155 e. The Morgan fingerprint density at radius 1 is 1.38 bits per heavy atom. The highest BCUT2D eigenvalue weighted by molar-refractivity contribution is 9.10. The Labute approximate surface area is 106 Å². The van der Waals surface area contributed by atoms with Crippen LogP contribution >= 0.6 is 27.5 Å². The molecule has 0 aliphatic carbocycles. The van der Waals surface area contributed by atoms with Crippen LogP contribution in [0.4, 0.5) is 0 Å². The lowest BCUT2D eigenvalue weighted by atomic mass is 10.3. The van der Waals surface area contributed by atoms with Gasteiger partial charge in [0.2, 0.25) is 0 Å². The second kappa shape index (κ2) is 4.39. The fraction of sp³-hybridized carbons (Fsp3) is 0.0909. The lowest BCUT2D eigenvalue weighted by Crippen LogP contribution is -1.96. The van der Waals surface area contributed by atoms with E-state index in [1.54, 1.807) is 11.6 Å². The van der Waals surface area contributed by atoms with Crippen LogP contribution in [0.5, 0.6) is 0 Å².